The first-order valence-corrected chi connectivity index (χ1v) is 11.0. The van der Waals surface area contributed by atoms with E-state index in [1.54, 1.807) is 25.1 Å². The molecule has 0 aliphatic heterocycles. The number of hydrogen-bond acceptors (Lipinski definition) is 5. The predicted molar refractivity (Wildman–Crippen MR) is 127 cm³/mol. The second kappa shape index (κ2) is 12.2. The molecular weight excluding hydrogens is 425 g/mol. The summed E-state index contributed by atoms with van der Waals surface area (Å²) in [6.45, 7) is 5.87. The third-order valence-corrected chi connectivity index (χ3v) is 5.36. The molecule has 4 N–H and O–H groups in total. The van der Waals surface area contributed by atoms with Gasteiger partial charge in [-0.1, -0.05) is 20.8 Å². The van der Waals surface area contributed by atoms with E-state index < -0.39 is 12.0 Å². The van der Waals surface area contributed by atoms with Gasteiger partial charge in [0.25, 0.3) is 5.91 Å². The molecule has 0 bridgehead atoms. The summed E-state index contributed by atoms with van der Waals surface area (Å²) in [6.07, 6.45) is 1.02. The highest BCUT2D eigenvalue weighted by atomic mass is 19.1. The molecule has 0 aliphatic carbocycles. The van der Waals surface area contributed by atoms with Crippen molar-refractivity contribution >= 4 is 17.5 Å². The first-order valence-electron chi connectivity index (χ1n) is 11.0. The highest BCUT2D eigenvalue weighted by Crippen LogP contribution is 2.23. The number of ether oxygens (including phenoxy) is 2. The van der Waals surface area contributed by atoms with Crippen LogP contribution in [0.2, 0.25) is 0 Å². The zero-order valence-electron chi connectivity index (χ0n) is 19.9. The molecule has 0 aromatic heterocycles. The Balaban J connectivity index is 2.07. The normalized spacial score (nSPS) is 13.7. The highest BCUT2D eigenvalue weighted by Gasteiger charge is 2.26. The third-order valence-electron chi connectivity index (χ3n) is 5.36. The van der Waals surface area contributed by atoms with Crippen LogP contribution >= 0.6 is 0 Å². The lowest BCUT2D eigenvalue weighted by atomic mass is 9.90. The zero-order chi connectivity index (χ0) is 24.5. The summed E-state index contributed by atoms with van der Waals surface area (Å²) in [5.41, 5.74) is 7.38. The van der Waals surface area contributed by atoms with Crippen LogP contribution in [0.1, 0.15) is 44.0 Å². The molecule has 0 unspecified atom stereocenters. The average Bonchev–Trinajstić information content (AvgIpc) is 2.79. The van der Waals surface area contributed by atoms with Gasteiger partial charge in [0, 0.05) is 35.3 Å². The van der Waals surface area contributed by atoms with Crippen molar-refractivity contribution in [2.45, 2.75) is 45.7 Å². The lowest BCUT2D eigenvalue weighted by molar-refractivity contribution is -0.119. The Morgan fingerprint density at radius 3 is 2.06 bits per heavy atom. The summed E-state index contributed by atoms with van der Waals surface area (Å²) in [6, 6.07) is 9.75. The van der Waals surface area contributed by atoms with Gasteiger partial charge in [-0.3, -0.25) is 9.59 Å². The van der Waals surface area contributed by atoms with Crippen molar-refractivity contribution < 1.29 is 23.5 Å². The van der Waals surface area contributed by atoms with Gasteiger partial charge >= 0.3 is 0 Å². The van der Waals surface area contributed by atoms with Crippen LogP contribution in [0.3, 0.4) is 0 Å². The van der Waals surface area contributed by atoms with Crippen molar-refractivity contribution in [3.05, 3.63) is 53.8 Å². The van der Waals surface area contributed by atoms with Gasteiger partial charge in [0.1, 0.15) is 17.3 Å². The van der Waals surface area contributed by atoms with Gasteiger partial charge in [-0.15, -0.1) is 0 Å². The standard InChI is InChI=1S/C25H34FN3O4/c1-15(2)10-23(29-25(31)17-12-20(32-4)14-21(13-17)33-5)22(27)11-16(3)24(30)28-19-8-6-18(26)7-9-19/h6-9,12-16,22-23H,10-11,27H2,1-5H3,(H,28,30)(H,29,31)/t16-,22+,23+/m1/s1. The minimum atomic E-state index is -0.446. The Hall–Kier alpha value is -3.13. The molecule has 2 amide bonds. The summed E-state index contributed by atoms with van der Waals surface area (Å²) in [7, 11) is 3.04. The Kier molecular flexibility index (Phi) is 9.66. The highest BCUT2D eigenvalue weighted by molar-refractivity contribution is 5.95. The van der Waals surface area contributed by atoms with E-state index in [0.29, 0.717) is 35.6 Å². The predicted octanol–water partition coefficient (Wildman–Crippen LogP) is 3.98. The second-order valence-electron chi connectivity index (χ2n) is 8.61. The number of nitrogens with two attached hydrogens (primary N) is 1. The fraction of sp³-hybridized carbons (Fsp3) is 0.440. The Morgan fingerprint density at radius 1 is 0.970 bits per heavy atom. The molecule has 33 heavy (non-hydrogen) atoms. The fourth-order valence-corrected chi connectivity index (χ4v) is 3.52. The number of anilines is 1. The first kappa shape index (κ1) is 26.1. The molecule has 0 saturated carbocycles. The summed E-state index contributed by atoms with van der Waals surface area (Å²) < 4.78 is 23.6. The van der Waals surface area contributed by atoms with Gasteiger partial charge in [0.15, 0.2) is 0 Å². The molecule has 8 heteroatoms. The molecule has 2 rings (SSSR count). The van der Waals surface area contributed by atoms with Crippen LogP contribution < -0.4 is 25.8 Å². The number of benzene rings is 2. The van der Waals surface area contributed by atoms with Crippen LogP contribution in [0.5, 0.6) is 11.5 Å². The zero-order valence-corrected chi connectivity index (χ0v) is 19.9. The van der Waals surface area contributed by atoms with E-state index in [4.69, 9.17) is 15.2 Å². The van der Waals surface area contributed by atoms with Crippen molar-refractivity contribution in [1.29, 1.82) is 0 Å². The number of methoxy groups -OCH3 is 2. The Bertz CT molecular complexity index is 911. The molecule has 0 heterocycles. The van der Waals surface area contributed by atoms with Crippen LogP contribution in [0.25, 0.3) is 0 Å². The van der Waals surface area contributed by atoms with E-state index in [1.165, 1.54) is 38.5 Å². The van der Waals surface area contributed by atoms with Gasteiger partial charge in [-0.25, -0.2) is 4.39 Å². The molecule has 0 spiro atoms. The van der Waals surface area contributed by atoms with E-state index >= 15 is 0 Å². The van der Waals surface area contributed by atoms with Gasteiger partial charge < -0.3 is 25.8 Å². The molecule has 0 aliphatic rings. The molecular formula is C25H34FN3O4. The number of carbonyl (C=O) groups is 2. The van der Waals surface area contributed by atoms with Crippen LogP contribution in [-0.4, -0.2) is 38.1 Å². The van der Waals surface area contributed by atoms with Crippen LogP contribution in [0.4, 0.5) is 10.1 Å². The summed E-state index contributed by atoms with van der Waals surface area (Å²) in [4.78, 5) is 25.6. The van der Waals surface area contributed by atoms with Gasteiger partial charge in [-0.05, 0) is 55.2 Å². The van der Waals surface area contributed by atoms with Crippen LogP contribution in [0, 0.1) is 17.7 Å². The summed E-state index contributed by atoms with van der Waals surface area (Å²) >= 11 is 0. The average molecular weight is 460 g/mol. The monoisotopic (exact) mass is 459 g/mol. The Labute approximate surface area is 194 Å². The smallest absolute Gasteiger partial charge is 0.251 e. The molecule has 2 aromatic rings. The second-order valence-corrected chi connectivity index (χ2v) is 8.61. The Morgan fingerprint density at radius 2 is 1.55 bits per heavy atom. The molecule has 0 radical (unpaired) electrons. The SMILES string of the molecule is COc1cc(OC)cc(C(=O)N[C@@H](CC(C)C)[C@@H](N)C[C@@H](C)C(=O)Nc2ccc(F)cc2)c1. The van der Waals surface area contributed by atoms with Gasteiger partial charge in [0.2, 0.25) is 5.91 Å². The van der Waals surface area contributed by atoms with Gasteiger partial charge in [0.05, 0.1) is 14.2 Å². The molecule has 0 fully saturated rings. The summed E-state index contributed by atoms with van der Waals surface area (Å²) in [5.74, 6) is 0.00795. The van der Waals surface area contributed by atoms with Crippen molar-refractivity contribution in [2.75, 3.05) is 19.5 Å². The van der Waals surface area contributed by atoms with Crippen molar-refractivity contribution in [3.63, 3.8) is 0 Å². The van der Waals surface area contributed by atoms with E-state index in [-0.39, 0.29) is 29.6 Å². The van der Waals surface area contributed by atoms with Crippen molar-refractivity contribution in [2.24, 2.45) is 17.6 Å². The largest absolute Gasteiger partial charge is 0.497 e. The number of nitrogens with one attached hydrogen (secondary N) is 2. The first-order chi connectivity index (χ1) is 15.6. The van der Waals surface area contributed by atoms with Gasteiger partial charge in [-0.2, -0.15) is 0 Å². The molecule has 2 aromatic carbocycles. The minimum Gasteiger partial charge on any atom is -0.497 e. The molecule has 180 valence electrons. The number of amides is 2. The maximum absolute atomic E-state index is 13.1. The molecule has 0 saturated heterocycles. The number of carbonyl (C=O) groups excluding carboxylic acids is 2. The van der Waals surface area contributed by atoms with E-state index in [0.717, 1.165) is 0 Å². The lowest BCUT2D eigenvalue weighted by Gasteiger charge is -2.28. The molecule has 3 atom stereocenters. The van der Waals surface area contributed by atoms with E-state index in [1.807, 2.05) is 13.8 Å². The number of rotatable bonds is 11. The maximum atomic E-state index is 13.1. The van der Waals surface area contributed by atoms with Crippen molar-refractivity contribution in [3.8, 4) is 11.5 Å². The number of halogens is 1. The fourth-order valence-electron chi connectivity index (χ4n) is 3.52. The summed E-state index contributed by atoms with van der Waals surface area (Å²) in [5, 5.41) is 5.79. The minimum absolute atomic E-state index is 0.218. The van der Waals surface area contributed by atoms with E-state index in [9.17, 15) is 14.0 Å². The topological polar surface area (TPSA) is 103 Å². The van der Waals surface area contributed by atoms with Crippen LogP contribution in [-0.2, 0) is 4.79 Å². The van der Waals surface area contributed by atoms with Crippen molar-refractivity contribution in [1.82, 2.24) is 5.32 Å². The van der Waals surface area contributed by atoms with E-state index in [2.05, 4.69) is 10.6 Å². The maximum Gasteiger partial charge on any atom is 0.251 e. The van der Waals surface area contributed by atoms with Crippen LogP contribution in [0.15, 0.2) is 42.5 Å². The lowest BCUT2D eigenvalue weighted by Crippen LogP contribution is -2.49. The third kappa shape index (κ3) is 8.05. The molecule has 7 nitrogen and oxygen atoms in total. The number of hydrogen-bond donors (Lipinski definition) is 3. The quantitative estimate of drug-likeness (QED) is 0.472.